The molecule has 3 heteroatoms. The van der Waals surface area contributed by atoms with E-state index in [1.165, 1.54) is 0 Å². The van der Waals surface area contributed by atoms with Crippen molar-refractivity contribution in [3.63, 3.8) is 0 Å². The predicted molar refractivity (Wildman–Crippen MR) is 22.1 cm³/mol. The second kappa shape index (κ2) is 0.500. The first-order valence-electron chi connectivity index (χ1n) is 1.63. The normalized spacial score (nSPS) is 12.2. The molecule has 0 aromatic rings. The first kappa shape index (κ1) is 2.64. The van der Waals surface area contributed by atoms with Crippen LogP contribution in [-0.4, -0.2) is 9.78 Å². The molecule has 0 amide bonds. The highest BCUT2D eigenvalue weighted by molar-refractivity contribution is 6.32. The van der Waals surface area contributed by atoms with Crippen LogP contribution >= 0.6 is 11.6 Å². The quantitative estimate of drug-likeness (QED) is 0.480. The second-order valence-electron chi connectivity index (χ2n) is 1.25. The molecule has 30 valence electrons. The fourth-order valence-corrected chi connectivity index (χ4v) is 0.635. The van der Waals surface area contributed by atoms with Crippen molar-refractivity contribution in [3.8, 4) is 5.69 Å². The molecule has 2 aliphatic heterocycles. The van der Waals surface area contributed by atoms with Crippen LogP contribution in [0.2, 0.25) is 5.15 Å². The fourth-order valence-electron chi connectivity index (χ4n) is 0.419. The zero-order valence-corrected chi connectivity index (χ0v) is 3.61. The van der Waals surface area contributed by atoms with Crippen LogP contribution < -0.4 is 0 Å². The van der Waals surface area contributed by atoms with E-state index in [9.17, 15) is 0 Å². The monoisotopic (exact) mass is 100.0 g/mol. The van der Waals surface area contributed by atoms with E-state index in [2.05, 4.69) is 5.10 Å². The highest BCUT2D eigenvalue weighted by atomic mass is 35.5. The van der Waals surface area contributed by atoms with Gasteiger partial charge >= 0.3 is 0 Å². The lowest BCUT2D eigenvalue weighted by atomic mass is 10.7. The Kier molecular flexibility index (Phi) is 0.220. The molecule has 0 spiro atoms. The standard InChI is InChI=1S/C3HClN2/c4-3-2-1-6(2)5-3/h1H. The molecule has 2 aliphatic rings. The van der Waals surface area contributed by atoms with Gasteiger partial charge in [-0.25, -0.2) is 4.68 Å². The number of aromatic nitrogens is 2. The fraction of sp³-hybridized carbons (Fsp3) is 0. The third kappa shape index (κ3) is 0.120. The van der Waals surface area contributed by atoms with Crippen LogP contribution in [0.15, 0.2) is 6.20 Å². The number of hydrogen-bond donors (Lipinski definition) is 0. The Hall–Kier alpha value is -0.500. The molecule has 0 radical (unpaired) electrons. The maximum absolute atomic E-state index is 5.38. The van der Waals surface area contributed by atoms with E-state index in [1.54, 1.807) is 4.68 Å². The summed E-state index contributed by atoms with van der Waals surface area (Å²) in [5, 5.41) is 4.37. The van der Waals surface area contributed by atoms with Crippen molar-refractivity contribution < 1.29 is 0 Å². The van der Waals surface area contributed by atoms with Crippen molar-refractivity contribution in [1.29, 1.82) is 0 Å². The van der Waals surface area contributed by atoms with E-state index in [4.69, 9.17) is 11.6 Å². The topological polar surface area (TPSA) is 17.8 Å². The summed E-state index contributed by atoms with van der Waals surface area (Å²) in [6.07, 6.45) is 1.88. The first-order valence-corrected chi connectivity index (χ1v) is 2.01. The summed E-state index contributed by atoms with van der Waals surface area (Å²) >= 11 is 5.38. The molecule has 6 heavy (non-hydrogen) atoms. The zero-order chi connectivity index (χ0) is 4.15. The lowest BCUT2D eigenvalue weighted by Gasteiger charge is -1.89. The van der Waals surface area contributed by atoms with E-state index < -0.39 is 0 Å². The molecular formula is C3HClN2. The summed E-state index contributed by atoms with van der Waals surface area (Å²) in [5.74, 6) is 0. The van der Waals surface area contributed by atoms with Gasteiger partial charge in [0, 0.05) is 0 Å². The van der Waals surface area contributed by atoms with Crippen LogP contribution in [0.3, 0.4) is 0 Å². The Morgan fingerprint density at radius 1 is 1.83 bits per heavy atom. The lowest BCUT2D eigenvalue weighted by Crippen LogP contribution is -1.88. The average Bonchev–Trinajstić information content (AvgIpc) is 2.12. The molecule has 0 atom stereocenters. The van der Waals surface area contributed by atoms with Gasteiger partial charge in [-0.05, 0) is 0 Å². The smallest absolute Gasteiger partial charge is 0.177 e. The summed E-state index contributed by atoms with van der Waals surface area (Å²) in [5.41, 5.74) is 1.08. The Morgan fingerprint density at radius 3 is 2.67 bits per heavy atom. The molecule has 0 fully saturated rings. The lowest BCUT2D eigenvalue weighted by molar-refractivity contribution is 0.906. The molecular weight excluding hydrogens is 99.5 g/mol. The molecule has 0 unspecified atom stereocenters. The van der Waals surface area contributed by atoms with Gasteiger partial charge in [0.15, 0.2) is 5.15 Å². The van der Waals surface area contributed by atoms with E-state index in [1.807, 2.05) is 6.20 Å². The molecule has 2 nitrogen and oxygen atoms in total. The van der Waals surface area contributed by atoms with Gasteiger partial charge < -0.3 is 0 Å². The van der Waals surface area contributed by atoms with Crippen molar-refractivity contribution in [2.24, 2.45) is 0 Å². The van der Waals surface area contributed by atoms with Gasteiger partial charge in [-0.1, -0.05) is 11.6 Å². The van der Waals surface area contributed by atoms with Crippen molar-refractivity contribution in [2.75, 3.05) is 0 Å². The SMILES string of the molecule is Clc1nn2cc1-2. The van der Waals surface area contributed by atoms with Gasteiger partial charge in [0.25, 0.3) is 0 Å². The zero-order valence-electron chi connectivity index (χ0n) is 2.85. The highest BCUT2D eigenvalue weighted by Gasteiger charge is 2.20. The summed E-state index contributed by atoms with van der Waals surface area (Å²) in [7, 11) is 0. The van der Waals surface area contributed by atoms with Crippen LogP contribution in [-0.2, 0) is 0 Å². The van der Waals surface area contributed by atoms with E-state index in [-0.39, 0.29) is 0 Å². The first-order chi connectivity index (χ1) is 2.88. The van der Waals surface area contributed by atoms with Crippen molar-refractivity contribution in [1.82, 2.24) is 9.78 Å². The van der Waals surface area contributed by atoms with E-state index in [0.29, 0.717) is 5.15 Å². The molecule has 0 aliphatic carbocycles. The summed E-state index contributed by atoms with van der Waals surface area (Å²) < 4.78 is 1.74. The van der Waals surface area contributed by atoms with Gasteiger partial charge in [0.1, 0.15) is 5.69 Å². The van der Waals surface area contributed by atoms with E-state index >= 15 is 0 Å². The molecule has 2 rings (SSSR count). The van der Waals surface area contributed by atoms with Gasteiger partial charge in [0.2, 0.25) is 0 Å². The minimum absolute atomic E-state index is 0.648. The second-order valence-corrected chi connectivity index (χ2v) is 1.61. The third-order valence-corrected chi connectivity index (χ3v) is 1.10. The van der Waals surface area contributed by atoms with Crippen LogP contribution in [0.25, 0.3) is 5.69 Å². The minimum Gasteiger partial charge on any atom is -0.232 e. The average molecular weight is 101 g/mol. The van der Waals surface area contributed by atoms with Gasteiger partial charge in [-0.2, -0.15) is 5.10 Å². The minimum atomic E-state index is 0.648. The van der Waals surface area contributed by atoms with Crippen molar-refractivity contribution >= 4 is 11.6 Å². The van der Waals surface area contributed by atoms with Crippen LogP contribution in [0.4, 0.5) is 0 Å². The van der Waals surface area contributed by atoms with Crippen LogP contribution in [0.1, 0.15) is 0 Å². The molecule has 0 saturated carbocycles. The van der Waals surface area contributed by atoms with Crippen LogP contribution in [0.5, 0.6) is 0 Å². The molecule has 0 aromatic heterocycles. The molecule has 2 heterocycles. The summed E-state index contributed by atoms with van der Waals surface area (Å²) in [6.45, 7) is 0. The van der Waals surface area contributed by atoms with Gasteiger partial charge in [-0.15, -0.1) is 0 Å². The molecule has 0 bridgehead atoms. The molecule has 0 N–H and O–H groups in total. The Morgan fingerprint density at radius 2 is 2.67 bits per heavy atom. The molecule has 0 aromatic carbocycles. The number of fused-ring (bicyclic) bond motifs is 1. The highest BCUT2D eigenvalue weighted by Crippen LogP contribution is 2.29. The number of rotatable bonds is 0. The maximum Gasteiger partial charge on any atom is 0.177 e. The largest absolute Gasteiger partial charge is 0.232 e. The Balaban J connectivity index is 2.83. The number of hydrogen-bond acceptors (Lipinski definition) is 1. The predicted octanol–water partition coefficient (Wildman–Crippen LogP) is 0.839. The third-order valence-electron chi connectivity index (χ3n) is 0.831. The van der Waals surface area contributed by atoms with E-state index in [0.717, 1.165) is 5.69 Å². The Bertz CT molecular complexity index is 191. The summed E-state index contributed by atoms with van der Waals surface area (Å²) in [4.78, 5) is 0. The number of halogens is 1. The van der Waals surface area contributed by atoms with Crippen LogP contribution in [0, 0.1) is 0 Å². The Labute approximate surface area is 39.3 Å². The maximum atomic E-state index is 5.38. The molecule has 0 saturated heterocycles. The van der Waals surface area contributed by atoms with Gasteiger partial charge in [-0.3, -0.25) is 0 Å². The summed E-state index contributed by atoms with van der Waals surface area (Å²) in [6, 6.07) is 0. The van der Waals surface area contributed by atoms with Crippen molar-refractivity contribution in [3.05, 3.63) is 11.3 Å². The number of nitrogens with zero attached hydrogens (tertiary/aromatic N) is 2. The van der Waals surface area contributed by atoms with Crippen molar-refractivity contribution in [2.45, 2.75) is 0 Å². The van der Waals surface area contributed by atoms with Gasteiger partial charge in [0.05, 0.1) is 6.20 Å².